The third-order valence-electron chi connectivity index (χ3n) is 2.74. The lowest BCUT2D eigenvalue weighted by Crippen LogP contribution is -2.34. The van der Waals surface area contributed by atoms with Crippen molar-refractivity contribution < 1.29 is 19.4 Å². The predicted octanol–water partition coefficient (Wildman–Crippen LogP) is 0.786. The fraction of sp³-hybridized carbons (Fsp3) is 0.750. The molecule has 0 unspecified atom stereocenters. The van der Waals surface area contributed by atoms with Crippen molar-refractivity contribution in [2.45, 2.75) is 23.8 Å². The molecule has 1 N–H and O–H groups in total. The van der Waals surface area contributed by atoms with Gasteiger partial charge in [0.15, 0.2) is 0 Å². The summed E-state index contributed by atoms with van der Waals surface area (Å²) >= 11 is 3.34. The first-order valence-electron chi connectivity index (χ1n) is 4.17. The highest BCUT2D eigenvalue weighted by atomic mass is 79.9. The molecule has 0 aromatic rings. The lowest BCUT2D eigenvalue weighted by molar-refractivity contribution is -0.150. The van der Waals surface area contributed by atoms with E-state index in [1.165, 1.54) is 0 Å². The summed E-state index contributed by atoms with van der Waals surface area (Å²) in [6.07, 6.45) is 0.912. The number of halogens is 1. The minimum Gasteiger partial charge on any atom is -0.481 e. The summed E-state index contributed by atoms with van der Waals surface area (Å²) < 4.78 is 5.03. The zero-order valence-electron chi connectivity index (χ0n) is 6.77. The predicted molar refractivity (Wildman–Crippen MR) is 46.4 cm³/mol. The standard InChI is InChI=1S/C8H9BrO4/c9-5-1-3(7(10)11)4-2-6(5)13-8(4)12/h3-6H,1-2H2,(H,10,11)/t3-,4+,5+,6+/m0/s1. The number of rotatable bonds is 1. The van der Waals surface area contributed by atoms with E-state index in [2.05, 4.69) is 15.9 Å². The van der Waals surface area contributed by atoms with E-state index in [4.69, 9.17) is 9.84 Å². The summed E-state index contributed by atoms with van der Waals surface area (Å²) in [4.78, 5) is 22.0. The maximum atomic E-state index is 11.2. The van der Waals surface area contributed by atoms with Crippen molar-refractivity contribution in [2.24, 2.45) is 11.8 Å². The number of fused-ring (bicyclic) bond motifs is 2. The molecule has 13 heavy (non-hydrogen) atoms. The van der Waals surface area contributed by atoms with Crippen molar-refractivity contribution in [3.8, 4) is 0 Å². The van der Waals surface area contributed by atoms with Gasteiger partial charge in [-0.15, -0.1) is 0 Å². The fourth-order valence-corrected chi connectivity index (χ4v) is 2.74. The molecule has 0 aromatic heterocycles. The van der Waals surface area contributed by atoms with E-state index in [1.54, 1.807) is 0 Å². The molecular weight excluding hydrogens is 240 g/mol. The average Bonchev–Trinajstić information content (AvgIpc) is 2.37. The number of carbonyl (C=O) groups excluding carboxylic acids is 1. The molecule has 1 heterocycles. The minimum absolute atomic E-state index is 0.00343. The number of carbonyl (C=O) groups is 2. The van der Waals surface area contributed by atoms with E-state index >= 15 is 0 Å². The summed E-state index contributed by atoms with van der Waals surface area (Å²) in [5.74, 6) is -2.24. The molecule has 72 valence electrons. The van der Waals surface area contributed by atoms with Crippen molar-refractivity contribution in [3.05, 3.63) is 0 Å². The van der Waals surface area contributed by atoms with Gasteiger partial charge in [-0.2, -0.15) is 0 Å². The minimum atomic E-state index is -0.897. The lowest BCUT2D eigenvalue weighted by Gasteiger charge is -2.25. The smallest absolute Gasteiger partial charge is 0.310 e. The van der Waals surface area contributed by atoms with Gasteiger partial charge in [0.05, 0.1) is 16.7 Å². The molecule has 1 saturated heterocycles. The van der Waals surface area contributed by atoms with E-state index in [0.717, 1.165) is 0 Å². The Hall–Kier alpha value is -0.580. The molecular formula is C8H9BrO4. The highest BCUT2D eigenvalue weighted by molar-refractivity contribution is 9.09. The van der Waals surface area contributed by atoms with Gasteiger partial charge >= 0.3 is 11.9 Å². The van der Waals surface area contributed by atoms with Crippen LogP contribution in [0.25, 0.3) is 0 Å². The third kappa shape index (κ3) is 1.35. The molecule has 2 rings (SSSR count). The van der Waals surface area contributed by atoms with Gasteiger partial charge in [-0.25, -0.2) is 0 Å². The van der Waals surface area contributed by atoms with Crippen molar-refractivity contribution in [3.63, 3.8) is 0 Å². The number of carboxylic acids is 1. The maximum absolute atomic E-state index is 11.2. The normalized spacial score (nSPS) is 43.0. The number of esters is 1. The first-order valence-corrected chi connectivity index (χ1v) is 5.08. The second kappa shape index (κ2) is 2.97. The molecule has 0 aromatic carbocycles. The zero-order valence-corrected chi connectivity index (χ0v) is 8.36. The summed E-state index contributed by atoms with van der Waals surface area (Å²) in [5, 5.41) is 8.87. The van der Waals surface area contributed by atoms with Gasteiger partial charge in [-0.3, -0.25) is 9.59 Å². The monoisotopic (exact) mass is 248 g/mol. The molecule has 0 amide bonds. The van der Waals surface area contributed by atoms with Crippen molar-refractivity contribution >= 4 is 27.9 Å². The van der Waals surface area contributed by atoms with Crippen LogP contribution in [-0.4, -0.2) is 28.0 Å². The maximum Gasteiger partial charge on any atom is 0.310 e. The molecule has 0 radical (unpaired) electrons. The molecule has 2 aliphatic rings. The Bertz CT molecular complexity index is 265. The van der Waals surface area contributed by atoms with Gasteiger partial charge < -0.3 is 9.84 Å². The number of hydrogen-bond acceptors (Lipinski definition) is 3. The van der Waals surface area contributed by atoms with E-state index in [0.29, 0.717) is 12.8 Å². The molecule has 0 spiro atoms. The first kappa shape index (κ1) is 8.99. The van der Waals surface area contributed by atoms with Crippen molar-refractivity contribution in [1.82, 2.24) is 0 Å². The van der Waals surface area contributed by atoms with Crippen LogP contribution in [0, 0.1) is 11.8 Å². The second-order valence-corrected chi connectivity index (χ2v) is 4.69. The number of aliphatic carboxylic acids is 1. The number of carboxylic acid groups (broad SMARTS) is 1. The molecule has 1 aliphatic carbocycles. The first-order chi connectivity index (χ1) is 6.09. The molecule has 4 nitrogen and oxygen atoms in total. The van der Waals surface area contributed by atoms with Gasteiger partial charge in [-0.05, 0) is 12.8 Å². The van der Waals surface area contributed by atoms with Gasteiger partial charge in [-0.1, -0.05) is 15.9 Å². The van der Waals surface area contributed by atoms with Gasteiger partial charge in [0, 0.05) is 0 Å². The average molecular weight is 249 g/mol. The Kier molecular flexibility index (Phi) is 2.06. The van der Waals surface area contributed by atoms with E-state index in [1.807, 2.05) is 0 Å². The summed E-state index contributed by atoms with van der Waals surface area (Å²) in [7, 11) is 0. The van der Waals surface area contributed by atoms with Crippen LogP contribution in [0.15, 0.2) is 0 Å². The fourth-order valence-electron chi connectivity index (χ4n) is 2.01. The Morgan fingerprint density at radius 1 is 1.54 bits per heavy atom. The van der Waals surface area contributed by atoms with Gasteiger partial charge in [0.25, 0.3) is 0 Å². The summed E-state index contributed by atoms with van der Waals surface area (Å²) in [5.41, 5.74) is 0. The number of ether oxygens (including phenoxy) is 1. The summed E-state index contributed by atoms with van der Waals surface area (Å²) in [6, 6.07) is 0. The Morgan fingerprint density at radius 3 is 2.85 bits per heavy atom. The van der Waals surface area contributed by atoms with E-state index in [-0.39, 0.29) is 16.9 Å². The molecule has 2 fully saturated rings. The van der Waals surface area contributed by atoms with Crippen LogP contribution in [0.3, 0.4) is 0 Å². The molecule has 1 aliphatic heterocycles. The van der Waals surface area contributed by atoms with Crippen molar-refractivity contribution in [1.29, 1.82) is 0 Å². The SMILES string of the molecule is O=C(O)[C@H]1C[C@@H](Br)[C@H]2C[C@H]1C(=O)O2. The Labute approximate surface area is 83.4 Å². The molecule has 2 bridgehead atoms. The molecule has 1 saturated carbocycles. The van der Waals surface area contributed by atoms with E-state index < -0.39 is 17.8 Å². The quantitative estimate of drug-likeness (QED) is 0.551. The summed E-state index contributed by atoms with van der Waals surface area (Å²) in [6.45, 7) is 0. The van der Waals surface area contributed by atoms with Crippen LogP contribution in [0.1, 0.15) is 12.8 Å². The van der Waals surface area contributed by atoms with Crippen LogP contribution in [-0.2, 0) is 14.3 Å². The molecule has 4 atom stereocenters. The largest absolute Gasteiger partial charge is 0.481 e. The molecule has 5 heteroatoms. The lowest BCUT2D eigenvalue weighted by atomic mass is 9.80. The van der Waals surface area contributed by atoms with Gasteiger partial charge in [0.1, 0.15) is 6.10 Å². The Morgan fingerprint density at radius 2 is 2.23 bits per heavy atom. The van der Waals surface area contributed by atoms with E-state index in [9.17, 15) is 9.59 Å². The van der Waals surface area contributed by atoms with Crippen LogP contribution < -0.4 is 0 Å². The number of alkyl halides is 1. The van der Waals surface area contributed by atoms with Gasteiger partial charge in [0.2, 0.25) is 0 Å². The number of hydrogen-bond donors (Lipinski definition) is 1. The van der Waals surface area contributed by atoms with Crippen LogP contribution in [0.4, 0.5) is 0 Å². The van der Waals surface area contributed by atoms with Crippen LogP contribution >= 0.6 is 15.9 Å². The Balaban J connectivity index is 2.22. The topological polar surface area (TPSA) is 63.6 Å². The van der Waals surface area contributed by atoms with Crippen LogP contribution in [0.2, 0.25) is 0 Å². The second-order valence-electron chi connectivity index (χ2n) is 3.51. The highest BCUT2D eigenvalue weighted by Crippen LogP contribution is 2.41. The third-order valence-corrected chi connectivity index (χ3v) is 3.71. The highest BCUT2D eigenvalue weighted by Gasteiger charge is 2.50. The van der Waals surface area contributed by atoms with Crippen LogP contribution in [0.5, 0.6) is 0 Å². The van der Waals surface area contributed by atoms with Crippen molar-refractivity contribution in [2.75, 3.05) is 0 Å². The zero-order chi connectivity index (χ0) is 9.59.